The first-order valence-electron chi connectivity index (χ1n) is 8.46. The summed E-state index contributed by atoms with van der Waals surface area (Å²) in [5, 5.41) is 3.44. The van der Waals surface area contributed by atoms with Gasteiger partial charge in [-0.15, -0.1) is 0 Å². The molecule has 2 unspecified atom stereocenters. The lowest BCUT2D eigenvalue weighted by atomic mass is 9.82. The van der Waals surface area contributed by atoms with Crippen molar-refractivity contribution in [3.05, 3.63) is 35.6 Å². The van der Waals surface area contributed by atoms with E-state index >= 15 is 0 Å². The first-order valence-corrected chi connectivity index (χ1v) is 8.46. The van der Waals surface area contributed by atoms with Crippen molar-refractivity contribution in [2.24, 2.45) is 16.8 Å². The molecule has 0 radical (unpaired) electrons. The molecule has 1 aliphatic carbocycles. The molecule has 1 aromatic carbocycles. The van der Waals surface area contributed by atoms with E-state index in [1.165, 1.54) is 31.7 Å². The Balaban J connectivity index is 1.50. The normalized spacial score (nSPS) is 25.2. The Morgan fingerprint density at radius 3 is 2.64 bits per heavy atom. The lowest BCUT2D eigenvalue weighted by molar-refractivity contribution is 0.299. The number of guanidine groups is 1. The number of nitrogens with one attached hydrogen (secondary N) is 1. The van der Waals surface area contributed by atoms with Crippen molar-refractivity contribution in [1.29, 1.82) is 0 Å². The van der Waals surface area contributed by atoms with Gasteiger partial charge in [-0.25, -0.2) is 4.39 Å². The van der Waals surface area contributed by atoms with Crippen LogP contribution in [0.15, 0.2) is 29.3 Å². The van der Waals surface area contributed by atoms with E-state index < -0.39 is 0 Å². The Bertz CT molecular complexity index is 515. The minimum absolute atomic E-state index is 0.162. The van der Waals surface area contributed by atoms with Crippen LogP contribution in [-0.4, -0.2) is 37.5 Å². The third-order valence-electron chi connectivity index (χ3n) is 5.07. The van der Waals surface area contributed by atoms with Crippen LogP contribution in [0.4, 0.5) is 4.39 Å². The molecule has 2 aliphatic rings. The molecule has 0 bridgehead atoms. The zero-order chi connectivity index (χ0) is 15.4. The third kappa shape index (κ3) is 3.60. The fourth-order valence-electron chi connectivity index (χ4n) is 3.92. The standard InChI is InChI=1S/C18H26FN3/c1-20-18(21-10-9-14-5-4-8-17(19)11-14)22-12-15-6-2-3-7-16(15)13-22/h4-5,8,11,15-16H,2-3,6-7,9-10,12-13H2,1H3,(H,20,21). The molecule has 120 valence electrons. The summed E-state index contributed by atoms with van der Waals surface area (Å²) in [5.74, 6) is 2.56. The van der Waals surface area contributed by atoms with Crippen molar-refractivity contribution in [3.8, 4) is 0 Å². The maximum absolute atomic E-state index is 13.2. The number of likely N-dealkylation sites (tertiary alicyclic amines) is 1. The van der Waals surface area contributed by atoms with Crippen molar-refractivity contribution in [1.82, 2.24) is 10.2 Å². The van der Waals surface area contributed by atoms with Crippen LogP contribution in [0.2, 0.25) is 0 Å². The van der Waals surface area contributed by atoms with Crippen molar-refractivity contribution in [2.75, 3.05) is 26.7 Å². The van der Waals surface area contributed by atoms with Crippen LogP contribution in [0.1, 0.15) is 31.2 Å². The van der Waals surface area contributed by atoms with E-state index in [0.29, 0.717) is 0 Å². The molecule has 1 N–H and O–H groups in total. The van der Waals surface area contributed by atoms with Crippen molar-refractivity contribution in [3.63, 3.8) is 0 Å². The van der Waals surface area contributed by atoms with Gasteiger partial charge in [0, 0.05) is 26.7 Å². The van der Waals surface area contributed by atoms with E-state index in [1.54, 1.807) is 12.1 Å². The van der Waals surface area contributed by atoms with Gasteiger partial charge in [-0.1, -0.05) is 25.0 Å². The monoisotopic (exact) mass is 303 g/mol. The van der Waals surface area contributed by atoms with Crippen molar-refractivity contribution < 1.29 is 4.39 Å². The van der Waals surface area contributed by atoms with Gasteiger partial charge in [0.25, 0.3) is 0 Å². The predicted molar refractivity (Wildman–Crippen MR) is 88.5 cm³/mol. The Morgan fingerprint density at radius 1 is 1.27 bits per heavy atom. The highest BCUT2D eigenvalue weighted by Gasteiger charge is 2.35. The quantitative estimate of drug-likeness (QED) is 0.686. The zero-order valence-electron chi connectivity index (χ0n) is 13.4. The molecule has 0 aromatic heterocycles. The first kappa shape index (κ1) is 15.3. The smallest absolute Gasteiger partial charge is 0.193 e. The van der Waals surface area contributed by atoms with E-state index in [4.69, 9.17) is 0 Å². The molecule has 22 heavy (non-hydrogen) atoms. The van der Waals surface area contributed by atoms with Crippen LogP contribution in [-0.2, 0) is 6.42 Å². The zero-order valence-corrected chi connectivity index (χ0v) is 13.4. The van der Waals surface area contributed by atoms with E-state index in [2.05, 4.69) is 15.2 Å². The maximum atomic E-state index is 13.2. The molecule has 1 aromatic rings. The molecule has 3 rings (SSSR count). The molecular weight excluding hydrogens is 277 g/mol. The van der Waals surface area contributed by atoms with Gasteiger partial charge in [-0.2, -0.15) is 0 Å². The van der Waals surface area contributed by atoms with Crippen LogP contribution in [0, 0.1) is 17.7 Å². The second-order valence-corrected chi connectivity index (χ2v) is 6.56. The van der Waals surface area contributed by atoms with Gasteiger partial charge >= 0.3 is 0 Å². The van der Waals surface area contributed by atoms with Gasteiger partial charge in [-0.05, 0) is 48.8 Å². The fourth-order valence-corrected chi connectivity index (χ4v) is 3.92. The molecule has 2 atom stereocenters. The summed E-state index contributed by atoms with van der Waals surface area (Å²) in [4.78, 5) is 6.84. The third-order valence-corrected chi connectivity index (χ3v) is 5.07. The summed E-state index contributed by atoms with van der Waals surface area (Å²) in [7, 11) is 1.85. The summed E-state index contributed by atoms with van der Waals surface area (Å²) in [5.41, 5.74) is 1.03. The highest BCUT2D eigenvalue weighted by molar-refractivity contribution is 5.80. The summed E-state index contributed by atoms with van der Waals surface area (Å²) < 4.78 is 13.2. The molecule has 3 nitrogen and oxygen atoms in total. The lowest BCUT2D eigenvalue weighted by Crippen LogP contribution is -2.41. The number of aliphatic imine (C=N–C) groups is 1. The van der Waals surface area contributed by atoms with Crippen LogP contribution in [0.5, 0.6) is 0 Å². The second kappa shape index (κ2) is 7.12. The molecule has 1 saturated heterocycles. The molecule has 0 amide bonds. The second-order valence-electron chi connectivity index (χ2n) is 6.56. The van der Waals surface area contributed by atoms with Gasteiger partial charge in [-0.3, -0.25) is 4.99 Å². The topological polar surface area (TPSA) is 27.6 Å². The summed E-state index contributed by atoms with van der Waals surface area (Å²) in [6.45, 7) is 3.08. The van der Waals surface area contributed by atoms with Crippen LogP contribution in [0.25, 0.3) is 0 Å². The van der Waals surface area contributed by atoms with E-state index in [1.807, 2.05) is 13.1 Å². The summed E-state index contributed by atoms with van der Waals surface area (Å²) in [6.07, 6.45) is 6.35. The minimum atomic E-state index is -0.162. The predicted octanol–water partition coefficient (Wildman–Crippen LogP) is 3.07. The number of halogens is 1. The molecule has 1 heterocycles. The molecular formula is C18H26FN3. The first-order chi connectivity index (χ1) is 10.8. The summed E-state index contributed by atoms with van der Waals surface area (Å²) >= 11 is 0. The van der Waals surface area contributed by atoms with Gasteiger partial charge in [0.1, 0.15) is 5.82 Å². The number of hydrogen-bond acceptors (Lipinski definition) is 1. The van der Waals surface area contributed by atoms with Crippen molar-refractivity contribution >= 4 is 5.96 Å². The van der Waals surface area contributed by atoms with Crippen LogP contribution < -0.4 is 5.32 Å². The van der Waals surface area contributed by atoms with Crippen molar-refractivity contribution in [2.45, 2.75) is 32.1 Å². The van der Waals surface area contributed by atoms with Gasteiger partial charge < -0.3 is 10.2 Å². The average molecular weight is 303 g/mol. The fraction of sp³-hybridized carbons (Fsp3) is 0.611. The Kier molecular flexibility index (Phi) is 4.96. The van der Waals surface area contributed by atoms with E-state index in [-0.39, 0.29) is 5.82 Å². The van der Waals surface area contributed by atoms with E-state index in [0.717, 1.165) is 49.4 Å². The van der Waals surface area contributed by atoms with Gasteiger partial charge in [0.2, 0.25) is 0 Å². The SMILES string of the molecule is CN=C(NCCc1cccc(F)c1)N1CC2CCCCC2C1. The minimum Gasteiger partial charge on any atom is -0.356 e. The lowest BCUT2D eigenvalue weighted by Gasteiger charge is -2.22. The molecule has 4 heteroatoms. The summed E-state index contributed by atoms with van der Waals surface area (Å²) in [6, 6.07) is 6.83. The molecule has 1 aliphatic heterocycles. The Hall–Kier alpha value is -1.58. The van der Waals surface area contributed by atoms with Gasteiger partial charge in [0.05, 0.1) is 0 Å². The molecule has 0 spiro atoms. The van der Waals surface area contributed by atoms with Gasteiger partial charge in [0.15, 0.2) is 5.96 Å². The molecule has 2 fully saturated rings. The maximum Gasteiger partial charge on any atom is 0.193 e. The Labute approximate surface area is 132 Å². The highest BCUT2D eigenvalue weighted by atomic mass is 19.1. The largest absolute Gasteiger partial charge is 0.356 e. The number of nitrogens with zero attached hydrogens (tertiary/aromatic N) is 2. The molecule has 1 saturated carbocycles. The van der Waals surface area contributed by atoms with E-state index in [9.17, 15) is 4.39 Å². The number of rotatable bonds is 3. The number of hydrogen-bond donors (Lipinski definition) is 1. The van der Waals surface area contributed by atoms with Crippen LogP contribution in [0.3, 0.4) is 0 Å². The Morgan fingerprint density at radius 2 is 2.00 bits per heavy atom. The number of fused-ring (bicyclic) bond motifs is 1. The number of benzene rings is 1. The van der Waals surface area contributed by atoms with Crippen LogP contribution >= 0.6 is 0 Å². The average Bonchev–Trinajstić information content (AvgIpc) is 2.95. The highest BCUT2D eigenvalue weighted by Crippen LogP contribution is 2.35.